The SMILES string of the molecule is CC(C)C(Nc1ccccc1[N+](=O)[O-])C(=O)O. The summed E-state index contributed by atoms with van der Waals surface area (Å²) in [6, 6.07) is 5.14. The van der Waals surface area contributed by atoms with Crippen molar-refractivity contribution in [2.45, 2.75) is 19.9 Å². The normalized spacial score (nSPS) is 12.2. The van der Waals surface area contributed by atoms with Crippen molar-refractivity contribution in [3.8, 4) is 0 Å². The smallest absolute Gasteiger partial charge is 0.326 e. The van der Waals surface area contributed by atoms with E-state index in [4.69, 9.17) is 5.11 Å². The fourth-order valence-electron chi connectivity index (χ4n) is 1.44. The van der Waals surface area contributed by atoms with Crippen LogP contribution < -0.4 is 5.32 Å². The predicted molar refractivity (Wildman–Crippen MR) is 63.0 cm³/mol. The number of carboxylic acid groups (broad SMARTS) is 1. The molecule has 92 valence electrons. The quantitative estimate of drug-likeness (QED) is 0.605. The predicted octanol–water partition coefficient (Wildman–Crippen LogP) is 2.12. The molecule has 1 rings (SSSR count). The number of para-hydroxylation sites is 2. The van der Waals surface area contributed by atoms with Crippen LogP contribution in [0.3, 0.4) is 0 Å². The number of anilines is 1. The Labute approximate surface area is 98.4 Å². The van der Waals surface area contributed by atoms with Gasteiger partial charge in [-0.2, -0.15) is 0 Å². The molecule has 2 N–H and O–H groups in total. The summed E-state index contributed by atoms with van der Waals surface area (Å²) in [4.78, 5) is 21.2. The van der Waals surface area contributed by atoms with Gasteiger partial charge in [0.15, 0.2) is 0 Å². The van der Waals surface area contributed by atoms with Crippen LogP contribution in [0.2, 0.25) is 0 Å². The number of hydrogen-bond acceptors (Lipinski definition) is 4. The molecule has 6 nitrogen and oxygen atoms in total. The van der Waals surface area contributed by atoms with E-state index in [-0.39, 0.29) is 17.3 Å². The van der Waals surface area contributed by atoms with Crippen LogP contribution >= 0.6 is 0 Å². The van der Waals surface area contributed by atoms with Crippen molar-refractivity contribution in [2.75, 3.05) is 5.32 Å². The molecule has 6 heteroatoms. The van der Waals surface area contributed by atoms with E-state index in [2.05, 4.69) is 5.32 Å². The van der Waals surface area contributed by atoms with Crippen molar-refractivity contribution in [3.63, 3.8) is 0 Å². The number of nitro groups is 1. The number of nitrogens with one attached hydrogen (secondary N) is 1. The summed E-state index contributed by atoms with van der Waals surface area (Å²) in [7, 11) is 0. The van der Waals surface area contributed by atoms with Crippen molar-refractivity contribution in [3.05, 3.63) is 34.4 Å². The lowest BCUT2D eigenvalue weighted by Crippen LogP contribution is -2.34. The Bertz CT molecular complexity index is 431. The zero-order valence-electron chi connectivity index (χ0n) is 9.58. The van der Waals surface area contributed by atoms with Crippen LogP contribution in [0.1, 0.15) is 13.8 Å². The molecule has 0 fully saturated rings. The fraction of sp³-hybridized carbons (Fsp3) is 0.364. The van der Waals surface area contributed by atoms with Gasteiger partial charge >= 0.3 is 5.97 Å². The summed E-state index contributed by atoms with van der Waals surface area (Å²) in [5, 5.41) is 22.4. The minimum absolute atomic E-state index is 0.126. The van der Waals surface area contributed by atoms with Gasteiger partial charge in [-0.25, -0.2) is 4.79 Å². The zero-order valence-corrected chi connectivity index (χ0v) is 9.58. The molecule has 0 heterocycles. The maximum atomic E-state index is 11.0. The Morgan fingerprint density at radius 1 is 1.41 bits per heavy atom. The molecular formula is C11H14N2O4. The second-order valence-electron chi connectivity index (χ2n) is 3.98. The van der Waals surface area contributed by atoms with E-state index < -0.39 is 16.9 Å². The summed E-state index contributed by atoms with van der Waals surface area (Å²) in [5.74, 6) is -1.20. The number of nitro benzene ring substituents is 1. The van der Waals surface area contributed by atoms with Crippen molar-refractivity contribution in [1.82, 2.24) is 0 Å². The van der Waals surface area contributed by atoms with Gasteiger partial charge in [0.25, 0.3) is 5.69 Å². The first-order valence-corrected chi connectivity index (χ1v) is 5.16. The lowest BCUT2D eigenvalue weighted by molar-refractivity contribution is -0.384. The van der Waals surface area contributed by atoms with Gasteiger partial charge in [0.05, 0.1) is 4.92 Å². The maximum Gasteiger partial charge on any atom is 0.326 e. The molecule has 0 spiro atoms. The number of carboxylic acids is 1. The molecule has 0 aromatic heterocycles. The molecule has 0 aliphatic rings. The van der Waals surface area contributed by atoms with Crippen molar-refractivity contribution >= 4 is 17.3 Å². The first-order chi connectivity index (χ1) is 7.93. The van der Waals surface area contributed by atoms with Crippen LogP contribution in [0.25, 0.3) is 0 Å². The molecule has 0 bridgehead atoms. The van der Waals surface area contributed by atoms with Gasteiger partial charge in [-0.05, 0) is 12.0 Å². The van der Waals surface area contributed by atoms with Gasteiger partial charge in [0, 0.05) is 6.07 Å². The van der Waals surface area contributed by atoms with E-state index in [1.54, 1.807) is 19.9 Å². The standard InChI is InChI=1S/C11H14N2O4/c1-7(2)10(11(14)15)12-8-5-3-4-6-9(8)13(16)17/h3-7,10,12H,1-2H3,(H,14,15). The summed E-state index contributed by atoms with van der Waals surface area (Å²) in [5.41, 5.74) is 0.0954. The molecular weight excluding hydrogens is 224 g/mol. The summed E-state index contributed by atoms with van der Waals surface area (Å²) in [6.07, 6.45) is 0. The Hall–Kier alpha value is -2.11. The van der Waals surface area contributed by atoms with E-state index in [0.29, 0.717) is 0 Å². The average Bonchev–Trinajstić information content (AvgIpc) is 2.25. The zero-order chi connectivity index (χ0) is 13.0. The highest BCUT2D eigenvalue weighted by molar-refractivity contribution is 5.79. The van der Waals surface area contributed by atoms with Crippen LogP contribution in [-0.4, -0.2) is 22.0 Å². The second-order valence-corrected chi connectivity index (χ2v) is 3.98. The van der Waals surface area contributed by atoms with Gasteiger partial charge in [-0.15, -0.1) is 0 Å². The fourth-order valence-corrected chi connectivity index (χ4v) is 1.44. The number of hydrogen-bond donors (Lipinski definition) is 2. The van der Waals surface area contributed by atoms with E-state index in [0.717, 1.165) is 0 Å². The van der Waals surface area contributed by atoms with Gasteiger partial charge < -0.3 is 10.4 Å². The maximum absolute atomic E-state index is 11.0. The molecule has 0 aliphatic heterocycles. The third-order valence-electron chi connectivity index (χ3n) is 2.34. The van der Waals surface area contributed by atoms with Crippen LogP contribution in [0.5, 0.6) is 0 Å². The van der Waals surface area contributed by atoms with E-state index >= 15 is 0 Å². The minimum atomic E-state index is -1.03. The van der Waals surface area contributed by atoms with E-state index in [1.807, 2.05) is 0 Å². The molecule has 1 atom stereocenters. The number of aliphatic carboxylic acids is 1. The first kappa shape index (κ1) is 13.0. The van der Waals surface area contributed by atoms with Gasteiger partial charge in [-0.1, -0.05) is 26.0 Å². The topological polar surface area (TPSA) is 92.5 Å². The van der Waals surface area contributed by atoms with Crippen LogP contribution in [0.4, 0.5) is 11.4 Å². The van der Waals surface area contributed by atoms with E-state index in [9.17, 15) is 14.9 Å². The largest absolute Gasteiger partial charge is 0.480 e. The number of rotatable bonds is 5. The highest BCUT2D eigenvalue weighted by Gasteiger charge is 2.24. The van der Waals surface area contributed by atoms with E-state index in [1.165, 1.54) is 18.2 Å². The molecule has 0 saturated heterocycles. The molecule has 17 heavy (non-hydrogen) atoms. The number of benzene rings is 1. The lowest BCUT2D eigenvalue weighted by Gasteiger charge is -2.18. The second kappa shape index (κ2) is 5.29. The van der Waals surface area contributed by atoms with Crippen molar-refractivity contribution in [1.29, 1.82) is 0 Å². The van der Waals surface area contributed by atoms with Gasteiger partial charge in [0.2, 0.25) is 0 Å². The first-order valence-electron chi connectivity index (χ1n) is 5.16. The number of nitrogens with zero attached hydrogens (tertiary/aromatic N) is 1. The Morgan fingerprint density at radius 3 is 2.47 bits per heavy atom. The molecule has 1 aromatic rings. The third-order valence-corrected chi connectivity index (χ3v) is 2.34. The molecule has 0 saturated carbocycles. The Morgan fingerprint density at radius 2 is 2.00 bits per heavy atom. The lowest BCUT2D eigenvalue weighted by atomic mass is 10.0. The summed E-state index contributed by atoms with van der Waals surface area (Å²) < 4.78 is 0. The minimum Gasteiger partial charge on any atom is -0.480 e. The molecule has 0 radical (unpaired) electrons. The highest BCUT2D eigenvalue weighted by Crippen LogP contribution is 2.25. The number of carbonyl (C=O) groups is 1. The van der Waals surface area contributed by atoms with Crippen LogP contribution in [0.15, 0.2) is 24.3 Å². The molecule has 0 aliphatic carbocycles. The Balaban J connectivity index is 3.01. The molecule has 1 unspecified atom stereocenters. The van der Waals surface area contributed by atoms with Crippen molar-refractivity contribution in [2.24, 2.45) is 5.92 Å². The summed E-state index contributed by atoms with van der Waals surface area (Å²) >= 11 is 0. The van der Waals surface area contributed by atoms with Crippen LogP contribution in [-0.2, 0) is 4.79 Å². The monoisotopic (exact) mass is 238 g/mol. The van der Waals surface area contributed by atoms with Crippen molar-refractivity contribution < 1.29 is 14.8 Å². The van der Waals surface area contributed by atoms with Gasteiger partial charge in [0.1, 0.15) is 11.7 Å². The van der Waals surface area contributed by atoms with Gasteiger partial charge in [-0.3, -0.25) is 10.1 Å². The molecule has 1 aromatic carbocycles. The van der Waals surface area contributed by atoms with Crippen LogP contribution in [0, 0.1) is 16.0 Å². The summed E-state index contributed by atoms with van der Waals surface area (Å²) in [6.45, 7) is 3.47. The molecule has 0 amide bonds. The third kappa shape index (κ3) is 3.17. The highest BCUT2D eigenvalue weighted by atomic mass is 16.6. The average molecular weight is 238 g/mol. The Kier molecular flexibility index (Phi) is 4.03.